The highest BCUT2D eigenvalue weighted by molar-refractivity contribution is 7.11. The predicted octanol–water partition coefficient (Wildman–Crippen LogP) is 3.57. The van der Waals surface area contributed by atoms with Crippen molar-refractivity contribution >= 4 is 17.2 Å². The highest BCUT2D eigenvalue weighted by Gasteiger charge is 2.37. The lowest BCUT2D eigenvalue weighted by Gasteiger charge is -2.39. The zero-order chi connectivity index (χ0) is 17.3. The predicted molar refractivity (Wildman–Crippen MR) is 99.1 cm³/mol. The summed E-state index contributed by atoms with van der Waals surface area (Å²) in [7, 11) is 0. The number of piperidine rings is 1. The van der Waals surface area contributed by atoms with Gasteiger partial charge in [-0.1, -0.05) is 34.1 Å². The van der Waals surface area contributed by atoms with Crippen LogP contribution in [0.3, 0.4) is 0 Å². The summed E-state index contributed by atoms with van der Waals surface area (Å²) < 4.78 is 0. The second-order valence-electron chi connectivity index (χ2n) is 8.38. The van der Waals surface area contributed by atoms with Crippen molar-refractivity contribution in [1.29, 1.82) is 0 Å². The van der Waals surface area contributed by atoms with Gasteiger partial charge in [-0.25, -0.2) is 4.98 Å². The lowest BCUT2D eigenvalue weighted by atomic mass is 9.89. The number of nitrogens with zero attached hydrogens (tertiary/aromatic N) is 2. The smallest absolute Gasteiger partial charge is 0.225 e. The van der Waals surface area contributed by atoms with Crippen LogP contribution >= 0.6 is 11.3 Å². The van der Waals surface area contributed by atoms with E-state index in [-0.39, 0.29) is 5.41 Å². The highest BCUT2D eigenvalue weighted by atomic mass is 32.1. The number of nitrogens with one attached hydrogen (secondary N) is 1. The van der Waals surface area contributed by atoms with Crippen LogP contribution in [-0.4, -0.2) is 34.9 Å². The van der Waals surface area contributed by atoms with E-state index >= 15 is 0 Å². The van der Waals surface area contributed by atoms with Crippen LogP contribution in [0.1, 0.15) is 63.3 Å². The topological polar surface area (TPSA) is 45.2 Å². The molecule has 2 unspecified atom stereocenters. The molecular weight excluding hydrogens is 318 g/mol. The van der Waals surface area contributed by atoms with E-state index in [1.807, 2.05) is 17.5 Å². The van der Waals surface area contributed by atoms with Gasteiger partial charge in [0.2, 0.25) is 5.91 Å². The summed E-state index contributed by atoms with van der Waals surface area (Å²) in [6.45, 7) is 11.6. The van der Waals surface area contributed by atoms with Gasteiger partial charge < -0.3 is 10.2 Å². The number of likely N-dealkylation sites (tertiary alicyclic amines) is 1. The van der Waals surface area contributed by atoms with Gasteiger partial charge in [0.05, 0.1) is 5.01 Å². The molecule has 1 aliphatic carbocycles. The van der Waals surface area contributed by atoms with Crippen LogP contribution in [0, 0.1) is 11.8 Å². The molecule has 0 aromatic carbocycles. The Balaban J connectivity index is 1.53. The van der Waals surface area contributed by atoms with Crippen LogP contribution in [0.4, 0.5) is 0 Å². The molecule has 0 spiro atoms. The summed E-state index contributed by atoms with van der Waals surface area (Å²) >= 11 is 1.82. The number of carbonyl (C=O) groups excluding carboxylic acids is 1. The van der Waals surface area contributed by atoms with Crippen molar-refractivity contribution in [3.8, 4) is 0 Å². The van der Waals surface area contributed by atoms with Crippen LogP contribution in [0.2, 0.25) is 0 Å². The molecule has 2 fully saturated rings. The van der Waals surface area contributed by atoms with E-state index < -0.39 is 0 Å². The average Bonchev–Trinajstić information content (AvgIpc) is 3.28. The fraction of sp³-hybridized carbons (Fsp3) is 0.789. The first-order valence-electron chi connectivity index (χ1n) is 9.36. The number of hydrogen-bond donors (Lipinski definition) is 1. The molecule has 2 aliphatic rings. The minimum absolute atomic E-state index is 0.128. The second kappa shape index (κ2) is 7.12. The zero-order valence-corrected chi connectivity index (χ0v) is 16.3. The quantitative estimate of drug-likeness (QED) is 0.884. The van der Waals surface area contributed by atoms with Gasteiger partial charge in [-0.15, -0.1) is 11.3 Å². The summed E-state index contributed by atoms with van der Waals surface area (Å²) in [5.41, 5.74) is 0.128. The van der Waals surface area contributed by atoms with E-state index in [9.17, 15) is 4.79 Å². The van der Waals surface area contributed by atoms with Crippen LogP contribution in [0.5, 0.6) is 0 Å². The molecule has 2 heterocycles. The monoisotopic (exact) mass is 349 g/mol. The largest absolute Gasteiger partial charge is 0.342 e. The summed E-state index contributed by atoms with van der Waals surface area (Å²) in [4.78, 5) is 20.3. The maximum Gasteiger partial charge on any atom is 0.225 e. The van der Waals surface area contributed by atoms with Crippen LogP contribution in [-0.2, 0) is 16.8 Å². The van der Waals surface area contributed by atoms with Gasteiger partial charge in [-0.05, 0) is 25.2 Å². The molecule has 1 amide bonds. The Morgan fingerprint density at radius 2 is 2.12 bits per heavy atom. The van der Waals surface area contributed by atoms with Crippen molar-refractivity contribution in [2.45, 2.75) is 71.4 Å². The van der Waals surface area contributed by atoms with E-state index in [4.69, 9.17) is 0 Å². The molecule has 1 aromatic rings. The number of carbonyl (C=O) groups is 1. The fourth-order valence-electron chi connectivity index (χ4n) is 3.47. The van der Waals surface area contributed by atoms with E-state index in [1.54, 1.807) is 0 Å². The van der Waals surface area contributed by atoms with Crippen molar-refractivity contribution in [3.63, 3.8) is 0 Å². The summed E-state index contributed by atoms with van der Waals surface area (Å²) in [6, 6.07) is 0.512. The van der Waals surface area contributed by atoms with Crippen LogP contribution < -0.4 is 5.32 Å². The fourth-order valence-corrected chi connectivity index (χ4v) is 4.39. The summed E-state index contributed by atoms with van der Waals surface area (Å²) in [6.07, 6.45) is 6.43. The SMILES string of the molecule is CCC1CN(C(=O)C2CC2)CCC1NCc1cnc(C(C)(C)C)s1. The normalized spacial score (nSPS) is 25.1. The van der Waals surface area contributed by atoms with Gasteiger partial charge in [-0.3, -0.25) is 4.79 Å². The van der Waals surface area contributed by atoms with Crippen molar-refractivity contribution in [3.05, 3.63) is 16.1 Å². The molecule has 1 aliphatic heterocycles. The molecule has 0 bridgehead atoms. The summed E-state index contributed by atoms with van der Waals surface area (Å²) in [5.74, 6) is 1.32. The molecule has 1 saturated carbocycles. The second-order valence-corrected chi connectivity index (χ2v) is 9.50. The molecule has 134 valence electrons. The number of amides is 1. The first kappa shape index (κ1) is 17.9. The van der Waals surface area contributed by atoms with Gasteiger partial charge in [0.25, 0.3) is 0 Å². The molecule has 2 atom stereocenters. The number of aromatic nitrogens is 1. The van der Waals surface area contributed by atoms with Crippen LogP contribution in [0.25, 0.3) is 0 Å². The Morgan fingerprint density at radius 3 is 2.71 bits per heavy atom. The molecule has 4 nitrogen and oxygen atoms in total. The van der Waals surface area contributed by atoms with Gasteiger partial charge in [0.1, 0.15) is 0 Å². The van der Waals surface area contributed by atoms with Gasteiger partial charge in [0.15, 0.2) is 0 Å². The highest BCUT2D eigenvalue weighted by Crippen LogP contribution is 2.33. The third kappa shape index (κ3) is 4.17. The molecule has 1 aromatic heterocycles. The molecule has 24 heavy (non-hydrogen) atoms. The first-order valence-corrected chi connectivity index (χ1v) is 10.2. The van der Waals surface area contributed by atoms with Crippen molar-refractivity contribution < 1.29 is 4.79 Å². The third-order valence-corrected chi connectivity index (χ3v) is 6.65. The van der Waals surface area contributed by atoms with E-state index in [0.29, 0.717) is 23.8 Å². The molecule has 5 heteroatoms. The first-order chi connectivity index (χ1) is 11.4. The maximum atomic E-state index is 12.3. The minimum Gasteiger partial charge on any atom is -0.342 e. The lowest BCUT2D eigenvalue weighted by molar-refractivity contribution is -0.134. The Morgan fingerprint density at radius 1 is 1.38 bits per heavy atom. The Hall–Kier alpha value is -0.940. The number of rotatable bonds is 5. The standard InChI is InChI=1S/C19H31N3OS/c1-5-13-12-22(17(23)14-6-7-14)9-8-16(13)20-10-15-11-21-18(24-15)19(2,3)4/h11,13-14,16,20H,5-10,12H2,1-4H3. The number of thiazole rings is 1. The minimum atomic E-state index is 0.128. The zero-order valence-electron chi connectivity index (χ0n) is 15.5. The van der Waals surface area contributed by atoms with E-state index in [2.05, 4.69) is 42.9 Å². The lowest BCUT2D eigenvalue weighted by Crippen LogP contribution is -2.51. The third-order valence-electron chi connectivity index (χ3n) is 5.23. The molecule has 1 N–H and O–H groups in total. The molecule has 1 saturated heterocycles. The summed E-state index contributed by atoms with van der Waals surface area (Å²) in [5, 5.41) is 4.95. The van der Waals surface area contributed by atoms with E-state index in [1.165, 1.54) is 9.88 Å². The Labute approximate surface area is 150 Å². The molecule has 3 rings (SSSR count). The van der Waals surface area contributed by atoms with E-state index in [0.717, 1.165) is 45.3 Å². The van der Waals surface area contributed by atoms with Gasteiger partial charge >= 0.3 is 0 Å². The maximum absolute atomic E-state index is 12.3. The van der Waals surface area contributed by atoms with Gasteiger partial charge in [0, 0.05) is 48.1 Å². The van der Waals surface area contributed by atoms with Crippen molar-refractivity contribution in [1.82, 2.24) is 15.2 Å². The number of hydrogen-bond acceptors (Lipinski definition) is 4. The van der Waals surface area contributed by atoms with Crippen molar-refractivity contribution in [2.75, 3.05) is 13.1 Å². The van der Waals surface area contributed by atoms with Crippen molar-refractivity contribution in [2.24, 2.45) is 11.8 Å². The van der Waals surface area contributed by atoms with Crippen LogP contribution in [0.15, 0.2) is 6.20 Å². The molecule has 0 radical (unpaired) electrons. The molecular formula is C19H31N3OS. The Bertz CT molecular complexity index is 573. The Kier molecular flexibility index (Phi) is 5.30. The average molecular weight is 350 g/mol. The van der Waals surface area contributed by atoms with Gasteiger partial charge in [-0.2, -0.15) is 0 Å².